The molecule has 1 fully saturated rings. The molecule has 0 N–H and O–H groups in total. The Balaban J connectivity index is 1.26. The van der Waals surface area contributed by atoms with Gasteiger partial charge in [0.1, 0.15) is 0 Å². The van der Waals surface area contributed by atoms with Crippen LogP contribution in [0.1, 0.15) is 21.5 Å². The van der Waals surface area contributed by atoms with E-state index in [2.05, 4.69) is 51.5 Å². The van der Waals surface area contributed by atoms with Crippen LogP contribution in [0.5, 0.6) is 0 Å². The maximum Gasteiger partial charge on any atom is 0.253 e. The van der Waals surface area contributed by atoms with Crippen LogP contribution >= 0.6 is 0 Å². The van der Waals surface area contributed by atoms with Crippen molar-refractivity contribution in [2.75, 3.05) is 31.1 Å². The van der Waals surface area contributed by atoms with Gasteiger partial charge in [-0.25, -0.2) is 0 Å². The van der Waals surface area contributed by atoms with Gasteiger partial charge in [0, 0.05) is 37.3 Å². The number of rotatable bonds is 3. The normalized spacial score (nSPS) is 14.1. The summed E-state index contributed by atoms with van der Waals surface area (Å²) >= 11 is 0. The number of hydrogen-bond acceptors (Lipinski definition) is 4. The lowest BCUT2D eigenvalue weighted by Crippen LogP contribution is -2.49. The number of aromatic nitrogens is 2. The van der Waals surface area contributed by atoms with Crippen molar-refractivity contribution in [1.29, 1.82) is 0 Å². The van der Waals surface area contributed by atoms with Crippen LogP contribution in [0.3, 0.4) is 0 Å². The summed E-state index contributed by atoms with van der Waals surface area (Å²) in [5, 5.41) is 11.4. The van der Waals surface area contributed by atoms with Crippen molar-refractivity contribution in [1.82, 2.24) is 15.1 Å². The third-order valence-electron chi connectivity index (χ3n) is 6.06. The molecule has 1 aromatic heterocycles. The maximum absolute atomic E-state index is 12.9. The molecular weight excluding hydrogens is 396 g/mol. The number of piperazine rings is 1. The van der Waals surface area contributed by atoms with E-state index in [1.165, 1.54) is 10.8 Å². The first-order valence-corrected chi connectivity index (χ1v) is 11.0. The van der Waals surface area contributed by atoms with Crippen LogP contribution in [0.25, 0.3) is 22.0 Å². The summed E-state index contributed by atoms with van der Waals surface area (Å²) < 4.78 is 0. The molecule has 0 unspecified atom stereocenters. The molecule has 1 amide bonds. The van der Waals surface area contributed by atoms with E-state index in [9.17, 15) is 4.79 Å². The Hall–Kier alpha value is -3.73. The van der Waals surface area contributed by atoms with Crippen molar-refractivity contribution >= 4 is 22.5 Å². The van der Waals surface area contributed by atoms with Gasteiger partial charge in [0.05, 0.1) is 5.69 Å². The fraction of sp³-hybridized carbons (Fsp3) is 0.222. The molecular formula is C27H26N4O. The van der Waals surface area contributed by atoms with E-state index in [0.717, 1.165) is 46.9 Å². The van der Waals surface area contributed by atoms with Crippen molar-refractivity contribution in [3.63, 3.8) is 0 Å². The van der Waals surface area contributed by atoms with E-state index in [1.54, 1.807) is 0 Å². The summed E-state index contributed by atoms with van der Waals surface area (Å²) in [7, 11) is 0. The predicted molar refractivity (Wildman–Crippen MR) is 129 cm³/mol. The van der Waals surface area contributed by atoms with Gasteiger partial charge in [-0.2, -0.15) is 0 Å². The first-order valence-electron chi connectivity index (χ1n) is 11.0. The molecule has 2 heterocycles. The van der Waals surface area contributed by atoms with Gasteiger partial charge in [-0.15, -0.1) is 10.2 Å². The molecule has 3 aromatic carbocycles. The number of hydrogen-bond donors (Lipinski definition) is 0. The molecule has 4 aromatic rings. The summed E-state index contributed by atoms with van der Waals surface area (Å²) in [6, 6.07) is 24.8. The van der Waals surface area contributed by atoms with Gasteiger partial charge >= 0.3 is 0 Å². The number of carbonyl (C=O) groups is 1. The average molecular weight is 423 g/mol. The van der Waals surface area contributed by atoms with Crippen LogP contribution in [-0.4, -0.2) is 47.2 Å². The Kier molecular flexibility index (Phi) is 5.31. The first kappa shape index (κ1) is 20.2. The quantitative estimate of drug-likeness (QED) is 0.472. The zero-order chi connectivity index (χ0) is 22.1. The lowest BCUT2D eigenvalue weighted by molar-refractivity contribution is 0.0746. The molecule has 0 saturated carbocycles. The second kappa shape index (κ2) is 8.42. The Bertz CT molecular complexity index is 1250. The van der Waals surface area contributed by atoms with Crippen LogP contribution in [-0.2, 0) is 0 Å². The topological polar surface area (TPSA) is 49.3 Å². The summed E-state index contributed by atoms with van der Waals surface area (Å²) in [4.78, 5) is 17.1. The van der Waals surface area contributed by atoms with E-state index in [1.807, 2.05) is 55.1 Å². The number of nitrogens with zero attached hydrogens (tertiary/aromatic N) is 4. The molecule has 5 heteroatoms. The minimum atomic E-state index is 0.106. The van der Waals surface area contributed by atoms with E-state index >= 15 is 0 Å². The Morgan fingerprint density at radius 3 is 2.16 bits per heavy atom. The third-order valence-corrected chi connectivity index (χ3v) is 6.06. The van der Waals surface area contributed by atoms with Gasteiger partial charge in [0.25, 0.3) is 5.91 Å². The van der Waals surface area contributed by atoms with Gasteiger partial charge in [-0.05, 0) is 55.0 Å². The summed E-state index contributed by atoms with van der Waals surface area (Å²) in [5.74, 6) is 0.960. The minimum absolute atomic E-state index is 0.106. The van der Waals surface area contributed by atoms with Crippen molar-refractivity contribution in [2.45, 2.75) is 13.8 Å². The van der Waals surface area contributed by atoms with Gasteiger partial charge in [0.15, 0.2) is 5.82 Å². The highest BCUT2D eigenvalue weighted by atomic mass is 16.2. The Labute approximate surface area is 188 Å². The Morgan fingerprint density at radius 2 is 1.47 bits per heavy atom. The van der Waals surface area contributed by atoms with E-state index in [4.69, 9.17) is 0 Å². The lowest BCUT2D eigenvalue weighted by Gasteiger charge is -2.35. The smallest absolute Gasteiger partial charge is 0.253 e. The van der Waals surface area contributed by atoms with Crippen LogP contribution < -0.4 is 4.90 Å². The highest BCUT2D eigenvalue weighted by Gasteiger charge is 2.23. The molecule has 5 nitrogen and oxygen atoms in total. The Morgan fingerprint density at radius 1 is 0.750 bits per heavy atom. The molecule has 5 rings (SSSR count). The van der Waals surface area contributed by atoms with Crippen molar-refractivity contribution in [2.24, 2.45) is 0 Å². The van der Waals surface area contributed by atoms with Crippen molar-refractivity contribution < 1.29 is 4.79 Å². The number of benzene rings is 3. The van der Waals surface area contributed by atoms with Gasteiger partial charge in [-0.1, -0.05) is 53.6 Å². The summed E-state index contributed by atoms with van der Waals surface area (Å²) in [5.41, 5.74) is 4.94. The zero-order valence-corrected chi connectivity index (χ0v) is 18.5. The molecule has 1 aliphatic rings. The van der Waals surface area contributed by atoms with Crippen LogP contribution in [0.4, 0.5) is 5.82 Å². The maximum atomic E-state index is 12.9. The monoisotopic (exact) mass is 422 g/mol. The van der Waals surface area contributed by atoms with Crippen LogP contribution in [0.2, 0.25) is 0 Å². The molecule has 1 aliphatic heterocycles. The van der Waals surface area contributed by atoms with Gasteiger partial charge in [-0.3, -0.25) is 4.79 Å². The molecule has 0 bridgehead atoms. The zero-order valence-electron chi connectivity index (χ0n) is 18.5. The second-order valence-electron chi connectivity index (χ2n) is 8.49. The molecule has 0 spiro atoms. The fourth-order valence-corrected chi connectivity index (χ4v) is 4.42. The lowest BCUT2D eigenvalue weighted by atomic mass is 10.1. The molecule has 32 heavy (non-hydrogen) atoms. The number of carbonyl (C=O) groups excluding carboxylic acids is 1. The molecule has 0 aliphatic carbocycles. The van der Waals surface area contributed by atoms with Gasteiger partial charge < -0.3 is 9.80 Å². The van der Waals surface area contributed by atoms with E-state index in [0.29, 0.717) is 13.1 Å². The first-order chi connectivity index (χ1) is 15.6. The average Bonchev–Trinajstić information content (AvgIpc) is 2.83. The molecule has 160 valence electrons. The highest BCUT2D eigenvalue weighted by molar-refractivity contribution is 5.94. The largest absolute Gasteiger partial charge is 0.352 e. The highest BCUT2D eigenvalue weighted by Crippen LogP contribution is 2.24. The summed E-state index contributed by atoms with van der Waals surface area (Å²) in [6.07, 6.45) is 0. The molecule has 0 radical (unpaired) electrons. The van der Waals surface area contributed by atoms with Crippen molar-refractivity contribution in [3.8, 4) is 11.3 Å². The van der Waals surface area contributed by atoms with E-state index in [-0.39, 0.29) is 5.91 Å². The number of anilines is 1. The minimum Gasteiger partial charge on any atom is -0.352 e. The SMILES string of the molecule is Cc1cc(C)cc(C(=O)N2CCN(c3ccc(-c4ccc5ccccc5c4)nn3)CC2)c1. The van der Waals surface area contributed by atoms with Crippen molar-refractivity contribution in [3.05, 3.63) is 89.5 Å². The third kappa shape index (κ3) is 4.06. The molecule has 0 atom stereocenters. The van der Waals surface area contributed by atoms with Gasteiger partial charge in [0.2, 0.25) is 0 Å². The van der Waals surface area contributed by atoms with E-state index < -0.39 is 0 Å². The number of amides is 1. The number of fused-ring (bicyclic) bond motifs is 1. The standard InChI is InChI=1S/C27H26N4O/c1-19-15-20(2)17-24(16-19)27(32)31-13-11-30(12-14-31)26-10-9-25(28-29-26)23-8-7-21-5-3-4-6-22(21)18-23/h3-10,15-18H,11-14H2,1-2H3. The van der Waals surface area contributed by atoms with Crippen LogP contribution in [0.15, 0.2) is 72.8 Å². The second-order valence-corrected chi connectivity index (χ2v) is 8.49. The predicted octanol–water partition coefficient (Wildman–Crippen LogP) is 4.88. The fourth-order valence-electron chi connectivity index (χ4n) is 4.42. The van der Waals surface area contributed by atoms with Crippen LogP contribution in [0, 0.1) is 13.8 Å². The molecule has 1 saturated heterocycles. The number of aryl methyl sites for hydroxylation is 2. The summed E-state index contributed by atoms with van der Waals surface area (Å²) in [6.45, 7) is 6.92.